The van der Waals surface area contributed by atoms with Crippen molar-refractivity contribution in [1.82, 2.24) is 0 Å². The number of rotatable bonds is 3. The van der Waals surface area contributed by atoms with Crippen molar-refractivity contribution in [3.8, 4) is 12.3 Å². The van der Waals surface area contributed by atoms with Gasteiger partial charge in [0.25, 0.3) is 0 Å². The van der Waals surface area contributed by atoms with Crippen LogP contribution in [0.3, 0.4) is 0 Å². The Morgan fingerprint density at radius 2 is 2.08 bits per heavy atom. The highest BCUT2D eigenvalue weighted by molar-refractivity contribution is 5.94. The summed E-state index contributed by atoms with van der Waals surface area (Å²) >= 11 is 0. The Morgan fingerprint density at radius 1 is 1.46 bits per heavy atom. The molecule has 0 aromatic heterocycles. The third-order valence-electron chi connectivity index (χ3n) is 1.69. The molecule has 0 saturated heterocycles. The average Bonchev–Trinajstić information content (AvgIpc) is 2.15. The van der Waals surface area contributed by atoms with E-state index in [1.807, 2.05) is 12.1 Å². The number of carbonyl (C=O) groups excluding carboxylic acids is 1. The Kier molecular flexibility index (Phi) is 3.10. The van der Waals surface area contributed by atoms with Crippen LogP contribution in [-0.4, -0.2) is 12.3 Å². The molecule has 13 heavy (non-hydrogen) atoms. The predicted molar refractivity (Wildman–Crippen MR) is 53.8 cm³/mol. The lowest BCUT2D eigenvalue weighted by Crippen LogP contribution is -1.98. The molecule has 0 heterocycles. The molecule has 1 aromatic rings. The fraction of sp³-hybridized carbons (Fsp3) is 0.182. The molecule has 0 radical (unpaired) electrons. The maximum absolute atomic E-state index is 10.9. The van der Waals surface area contributed by atoms with Gasteiger partial charge in [-0.05, 0) is 31.2 Å². The van der Waals surface area contributed by atoms with Gasteiger partial charge in [-0.3, -0.25) is 4.79 Å². The summed E-state index contributed by atoms with van der Waals surface area (Å²) < 4.78 is 0. The van der Waals surface area contributed by atoms with E-state index in [0.29, 0.717) is 12.1 Å². The molecule has 1 N–H and O–H groups in total. The van der Waals surface area contributed by atoms with Crippen LogP contribution in [-0.2, 0) is 0 Å². The smallest absolute Gasteiger partial charge is 0.159 e. The van der Waals surface area contributed by atoms with Crippen LogP contribution in [0.4, 0.5) is 5.69 Å². The topological polar surface area (TPSA) is 29.1 Å². The summed E-state index contributed by atoms with van der Waals surface area (Å²) in [5.41, 5.74) is 1.65. The fourth-order valence-corrected chi connectivity index (χ4v) is 0.976. The lowest BCUT2D eigenvalue weighted by atomic mass is 10.1. The highest BCUT2D eigenvalue weighted by atomic mass is 16.1. The Labute approximate surface area is 78.0 Å². The van der Waals surface area contributed by atoms with Crippen molar-refractivity contribution in [3.63, 3.8) is 0 Å². The van der Waals surface area contributed by atoms with E-state index >= 15 is 0 Å². The molecular formula is C11H11NO. The first-order valence-electron chi connectivity index (χ1n) is 4.02. The molecule has 0 bridgehead atoms. The number of ketones is 1. The second-order valence-electron chi connectivity index (χ2n) is 2.69. The summed E-state index contributed by atoms with van der Waals surface area (Å²) in [6, 6.07) is 7.24. The quantitative estimate of drug-likeness (QED) is 0.559. The summed E-state index contributed by atoms with van der Waals surface area (Å²) in [7, 11) is 0. The van der Waals surface area contributed by atoms with Crippen LogP contribution >= 0.6 is 0 Å². The van der Waals surface area contributed by atoms with Gasteiger partial charge in [-0.2, -0.15) is 0 Å². The number of hydrogen-bond acceptors (Lipinski definition) is 2. The molecule has 0 saturated carbocycles. The van der Waals surface area contributed by atoms with Crippen LogP contribution in [0.1, 0.15) is 17.3 Å². The molecule has 0 atom stereocenters. The first-order valence-corrected chi connectivity index (χ1v) is 4.02. The van der Waals surface area contributed by atoms with E-state index in [1.54, 1.807) is 19.1 Å². The van der Waals surface area contributed by atoms with Gasteiger partial charge >= 0.3 is 0 Å². The normalized spacial score (nSPS) is 8.92. The second-order valence-corrected chi connectivity index (χ2v) is 2.69. The highest BCUT2D eigenvalue weighted by Crippen LogP contribution is 2.09. The number of anilines is 1. The molecule has 1 rings (SSSR count). The van der Waals surface area contributed by atoms with Gasteiger partial charge in [0.1, 0.15) is 0 Å². The van der Waals surface area contributed by atoms with Crippen LogP contribution in [0, 0.1) is 12.3 Å². The third kappa shape index (κ3) is 2.64. The van der Waals surface area contributed by atoms with E-state index in [0.717, 1.165) is 5.69 Å². The number of carbonyl (C=O) groups is 1. The molecule has 0 aliphatic rings. The predicted octanol–water partition coefficient (Wildman–Crippen LogP) is 1.93. The van der Waals surface area contributed by atoms with Gasteiger partial charge in [-0.25, -0.2) is 0 Å². The van der Waals surface area contributed by atoms with Crippen LogP contribution in [0.25, 0.3) is 0 Å². The van der Waals surface area contributed by atoms with Gasteiger partial charge in [0.15, 0.2) is 5.78 Å². The van der Waals surface area contributed by atoms with E-state index in [2.05, 4.69) is 11.2 Å². The lowest BCUT2D eigenvalue weighted by molar-refractivity contribution is 0.101. The molecule has 2 heteroatoms. The van der Waals surface area contributed by atoms with E-state index in [1.165, 1.54) is 0 Å². The largest absolute Gasteiger partial charge is 0.374 e. The molecule has 1 aromatic carbocycles. The summed E-state index contributed by atoms with van der Waals surface area (Å²) in [6.45, 7) is 2.04. The minimum Gasteiger partial charge on any atom is -0.374 e. The van der Waals surface area contributed by atoms with Gasteiger partial charge in [0.2, 0.25) is 0 Å². The molecule has 0 aliphatic heterocycles. The SMILES string of the molecule is C#CCNc1ccc(C(C)=O)cc1. The van der Waals surface area contributed by atoms with Crippen molar-refractivity contribution in [2.75, 3.05) is 11.9 Å². The minimum atomic E-state index is 0.0727. The summed E-state index contributed by atoms with van der Waals surface area (Å²) in [6.07, 6.45) is 5.09. The van der Waals surface area contributed by atoms with Crippen LogP contribution in [0.15, 0.2) is 24.3 Å². The van der Waals surface area contributed by atoms with E-state index in [9.17, 15) is 4.79 Å². The summed E-state index contributed by atoms with van der Waals surface area (Å²) in [5.74, 6) is 2.55. The Balaban J connectivity index is 2.71. The van der Waals surface area contributed by atoms with Gasteiger partial charge < -0.3 is 5.32 Å². The molecule has 0 amide bonds. The zero-order chi connectivity index (χ0) is 9.68. The minimum absolute atomic E-state index is 0.0727. The Morgan fingerprint density at radius 3 is 2.54 bits per heavy atom. The monoisotopic (exact) mass is 173 g/mol. The van der Waals surface area contributed by atoms with E-state index in [-0.39, 0.29) is 5.78 Å². The molecule has 0 spiro atoms. The maximum atomic E-state index is 10.9. The highest BCUT2D eigenvalue weighted by Gasteiger charge is 1.97. The van der Waals surface area contributed by atoms with Crippen LogP contribution < -0.4 is 5.32 Å². The molecule has 0 aliphatic carbocycles. The second kappa shape index (κ2) is 4.32. The number of terminal acetylenes is 1. The first-order chi connectivity index (χ1) is 6.24. The summed E-state index contributed by atoms with van der Waals surface area (Å²) in [4.78, 5) is 10.9. The number of hydrogen-bond donors (Lipinski definition) is 1. The lowest BCUT2D eigenvalue weighted by Gasteiger charge is -2.02. The molecule has 0 fully saturated rings. The van der Waals surface area contributed by atoms with E-state index < -0.39 is 0 Å². The molecular weight excluding hydrogens is 162 g/mol. The first kappa shape index (κ1) is 9.34. The van der Waals surface area contributed by atoms with Gasteiger partial charge in [-0.1, -0.05) is 5.92 Å². The van der Waals surface area contributed by atoms with Gasteiger partial charge in [0.05, 0.1) is 6.54 Å². The van der Waals surface area contributed by atoms with Crippen molar-refractivity contribution >= 4 is 11.5 Å². The molecule has 66 valence electrons. The van der Waals surface area contributed by atoms with Gasteiger partial charge in [-0.15, -0.1) is 6.42 Å². The zero-order valence-electron chi connectivity index (χ0n) is 7.50. The molecule has 2 nitrogen and oxygen atoms in total. The zero-order valence-corrected chi connectivity index (χ0v) is 7.50. The van der Waals surface area contributed by atoms with Gasteiger partial charge in [0, 0.05) is 11.3 Å². The van der Waals surface area contributed by atoms with Crippen molar-refractivity contribution in [2.24, 2.45) is 0 Å². The van der Waals surface area contributed by atoms with Crippen molar-refractivity contribution in [3.05, 3.63) is 29.8 Å². The maximum Gasteiger partial charge on any atom is 0.159 e. The van der Waals surface area contributed by atoms with E-state index in [4.69, 9.17) is 6.42 Å². The van der Waals surface area contributed by atoms with Crippen molar-refractivity contribution in [1.29, 1.82) is 0 Å². The molecule has 0 unspecified atom stereocenters. The van der Waals surface area contributed by atoms with Crippen molar-refractivity contribution in [2.45, 2.75) is 6.92 Å². The van der Waals surface area contributed by atoms with Crippen LogP contribution in [0.2, 0.25) is 0 Å². The average molecular weight is 173 g/mol. The number of Topliss-reactive ketones (excluding diaryl/α,β-unsaturated/α-hetero) is 1. The Hall–Kier alpha value is -1.75. The third-order valence-corrected chi connectivity index (χ3v) is 1.69. The van der Waals surface area contributed by atoms with Crippen molar-refractivity contribution < 1.29 is 4.79 Å². The summed E-state index contributed by atoms with van der Waals surface area (Å²) in [5, 5.41) is 3.01. The fourth-order valence-electron chi connectivity index (χ4n) is 0.976. The Bertz CT molecular complexity index is 332. The number of nitrogens with one attached hydrogen (secondary N) is 1. The number of benzene rings is 1. The standard InChI is InChI=1S/C11H11NO/c1-3-8-12-11-6-4-10(5-7-11)9(2)13/h1,4-7,12H,8H2,2H3. The van der Waals surface area contributed by atoms with Crippen LogP contribution in [0.5, 0.6) is 0 Å².